The maximum atomic E-state index is 15.5. The number of aromatic nitrogens is 2. The smallest absolute Gasteiger partial charge is 0.343 e. The molecule has 4 aliphatic rings. The highest BCUT2D eigenvalue weighted by molar-refractivity contribution is 6.12. The number of unbranched alkanes of at least 4 members (excludes halogenated alkanes) is 2. The van der Waals surface area contributed by atoms with E-state index in [0.717, 1.165) is 11.0 Å². The summed E-state index contributed by atoms with van der Waals surface area (Å²) in [6.07, 6.45) is 3.48. The van der Waals surface area contributed by atoms with Crippen LogP contribution in [0.15, 0.2) is 59.4 Å². The van der Waals surface area contributed by atoms with Gasteiger partial charge in [-0.05, 0) is 67.3 Å². The Morgan fingerprint density at radius 2 is 1.64 bits per heavy atom. The number of hydrogen-bond acceptors (Lipinski definition) is 14. The molecule has 1 aliphatic carbocycles. The number of nitrogens with zero attached hydrogens (tertiary/aromatic N) is 3. The van der Waals surface area contributed by atoms with Crippen molar-refractivity contribution in [3.05, 3.63) is 110 Å². The first kappa shape index (κ1) is 45.4. The van der Waals surface area contributed by atoms with E-state index in [9.17, 15) is 53.1 Å². The van der Waals surface area contributed by atoms with Crippen molar-refractivity contribution in [2.45, 2.75) is 96.1 Å². The Kier molecular flexibility index (Phi) is 13.9. The summed E-state index contributed by atoms with van der Waals surface area (Å²) in [5, 5.41) is 24.6. The molecule has 0 saturated carbocycles. The molecule has 3 aliphatic heterocycles. The van der Waals surface area contributed by atoms with E-state index in [-0.39, 0.29) is 78.8 Å². The number of amides is 8. The van der Waals surface area contributed by atoms with Gasteiger partial charge in [0.25, 0.3) is 17.4 Å². The normalized spacial score (nSPS) is 19.1. The van der Waals surface area contributed by atoms with Gasteiger partial charge in [-0.25, -0.2) is 14.2 Å². The molecule has 7 N–H and O–H groups in total. The number of pyridine rings is 2. The molecule has 0 radical (unpaired) electrons. The second kappa shape index (κ2) is 22.9. The van der Waals surface area contributed by atoms with E-state index >= 15 is 4.39 Å². The van der Waals surface area contributed by atoms with Crippen LogP contribution in [0.5, 0.6) is 0 Å². The number of ether oxygens (including phenoxy) is 2. The van der Waals surface area contributed by atoms with Crippen molar-refractivity contribution in [1.82, 2.24) is 46.4 Å². The Labute approximate surface area is 436 Å². The number of esters is 1. The minimum Gasteiger partial charge on any atom is -0.458 e. The fourth-order valence-electron chi connectivity index (χ4n) is 9.46. The fourth-order valence-corrected chi connectivity index (χ4v) is 9.46. The highest BCUT2D eigenvalue weighted by Crippen LogP contribution is 2.46. The van der Waals surface area contributed by atoms with Crippen molar-refractivity contribution in [2.75, 3.05) is 39.4 Å². The second-order valence-corrected chi connectivity index (χ2v) is 18.1. The molecule has 8 rings (SSSR count). The molecule has 75 heavy (non-hydrogen) atoms. The van der Waals surface area contributed by atoms with Gasteiger partial charge in [-0.15, -0.1) is 0 Å². The molecule has 394 valence electrons. The van der Waals surface area contributed by atoms with E-state index < -0.39 is 122 Å². The summed E-state index contributed by atoms with van der Waals surface area (Å²) >= 11 is 0. The molecule has 2 aromatic carbocycles. The summed E-state index contributed by atoms with van der Waals surface area (Å²) in [6.45, 7) is -9.36. The first-order valence-electron chi connectivity index (χ1n) is 27.0. The van der Waals surface area contributed by atoms with Gasteiger partial charge in [0.2, 0.25) is 35.4 Å². The van der Waals surface area contributed by atoms with Crippen molar-refractivity contribution in [2.24, 2.45) is 0 Å². The van der Waals surface area contributed by atoms with E-state index in [1.54, 1.807) is 42.6 Å². The Hall–Kier alpha value is -8.18. The topological polar surface area (TPSA) is 303 Å². The van der Waals surface area contributed by atoms with Crippen LogP contribution >= 0.6 is 0 Å². The van der Waals surface area contributed by atoms with Crippen LogP contribution in [-0.2, 0) is 84.2 Å². The van der Waals surface area contributed by atoms with Crippen LogP contribution in [0.1, 0.15) is 98.7 Å². The van der Waals surface area contributed by atoms with Crippen LogP contribution in [0.2, 0.25) is 0 Å². The van der Waals surface area contributed by atoms with Gasteiger partial charge >= 0.3 is 5.97 Å². The molecular weight excluding hydrogens is 978 g/mol. The Bertz CT molecular complexity index is 3380. The molecule has 2 aromatic heterocycles. The predicted octanol–water partition coefficient (Wildman–Crippen LogP) is 0.282. The zero-order valence-electron chi connectivity index (χ0n) is 46.6. The van der Waals surface area contributed by atoms with Gasteiger partial charge < -0.3 is 51.0 Å². The van der Waals surface area contributed by atoms with Crippen molar-refractivity contribution >= 4 is 64.1 Å². The van der Waals surface area contributed by atoms with E-state index in [0.29, 0.717) is 46.9 Å². The summed E-state index contributed by atoms with van der Waals surface area (Å²) < 4.78 is 77.3. The van der Waals surface area contributed by atoms with Gasteiger partial charge in [-0.1, -0.05) is 43.7 Å². The summed E-state index contributed by atoms with van der Waals surface area (Å²) in [4.78, 5) is 135. The van der Waals surface area contributed by atoms with Gasteiger partial charge in [-0.3, -0.25) is 48.1 Å². The van der Waals surface area contributed by atoms with Crippen LogP contribution in [-0.4, -0.2) is 118 Å². The molecule has 8 amide bonds. The van der Waals surface area contributed by atoms with E-state index in [2.05, 4.69) is 21.3 Å². The van der Waals surface area contributed by atoms with E-state index in [1.165, 1.54) is 35.0 Å². The summed E-state index contributed by atoms with van der Waals surface area (Å²) in [5.41, 5.74) is -0.386. The lowest BCUT2D eigenvalue weighted by molar-refractivity contribution is -0.172. The highest BCUT2D eigenvalue weighted by Gasteiger charge is 2.46. The van der Waals surface area contributed by atoms with Crippen LogP contribution in [0.25, 0.3) is 22.3 Å². The summed E-state index contributed by atoms with van der Waals surface area (Å²) in [7, 11) is 0. The maximum absolute atomic E-state index is 15.5. The van der Waals surface area contributed by atoms with Crippen molar-refractivity contribution in [3.8, 4) is 11.4 Å². The lowest BCUT2D eigenvalue weighted by atomic mass is 9.81. The monoisotopic (exact) mass is 1040 g/mol. The zero-order valence-corrected chi connectivity index (χ0v) is 40.6. The molecule has 4 aromatic rings. The average molecular weight is 1040 g/mol. The molecule has 0 bridgehead atoms. The standard InChI is InChI=1S/C52H56FN9O13/c1-3-52(73)33-19-38-48-31(24-62(38)50(71)32(33)25-75-51(52)72)47-35(14-13-30-28(2)34(53)20-36(60-48)46(30)47)58-43(67)26-74-27-57-41(65)22-56-49(70)37(18-29-10-6-4-7-11-29)59-42(66)23-55-40(64)21-54-39(63)12-8-5-9-17-61-44(68)15-16-45(61)69/h4,6-7,10-11,15-16,19-20,35,37,73H,3,5,8-9,12-14,17-18,21-27H2,1-2H3,(H,54,63)(H,55,64)(H,56,70)(H,57,65)(H,58,67)(H,59,66)/t35-,37-,52-/m0/s1/i22D2,26D2,27D2. The number of rotatable bonds is 22. The number of carbonyl (C=O) groups is 9. The third kappa shape index (κ3) is 11.6. The fraction of sp³-hybridized carbons (Fsp3) is 0.404. The van der Waals surface area contributed by atoms with Crippen molar-refractivity contribution in [1.29, 1.82) is 0 Å². The number of fused-ring (bicyclic) bond motifs is 5. The largest absolute Gasteiger partial charge is 0.458 e. The summed E-state index contributed by atoms with van der Waals surface area (Å²) in [6, 6.07) is 7.88. The number of hydrogen-bond donors (Lipinski definition) is 7. The third-order valence-electron chi connectivity index (χ3n) is 13.4. The molecule has 5 heterocycles. The zero-order chi connectivity index (χ0) is 58.9. The van der Waals surface area contributed by atoms with Crippen LogP contribution in [0, 0.1) is 12.7 Å². The summed E-state index contributed by atoms with van der Waals surface area (Å²) in [5.74, 6) is -9.41. The minimum atomic E-state index is -3.67. The second-order valence-electron chi connectivity index (χ2n) is 18.1. The SMILES string of the molecule is [2H]C([2H])(NC(=O)C([2H])([2H])NC(=O)[C@H](Cc1ccccc1)NC(=O)CNC(=O)CNC(=O)CCCCCN1C(=O)C=CC1=O)OC([2H])([2H])C(=O)N[C@H]1CCc2c(C)c(F)cc3nc4c(c1c23)Cn1c-4cc2c(c1=O)COC(=O)[C@]2(O)CC. The van der Waals surface area contributed by atoms with Gasteiger partial charge in [-0.2, -0.15) is 0 Å². The number of halogens is 1. The molecule has 0 spiro atoms. The molecule has 0 saturated heterocycles. The Morgan fingerprint density at radius 3 is 2.39 bits per heavy atom. The predicted molar refractivity (Wildman–Crippen MR) is 263 cm³/mol. The van der Waals surface area contributed by atoms with Crippen molar-refractivity contribution in [3.63, 3.8) is 0 Å². The third-order valence-corrected chi connectivity index (χ3v) is 13.4. The number of benzene rings is 2. The number of cyclic esters (lactones) is 1. The first-order chi connectivity index (χ1) is 38.1. The number of aryl methyl sites for hydroxylation is 1. The number of aliphatic hydroxyl groups is 1. The Morgan fingerprint density at radius 1 is 0.907 bits per heavy atom. The van der Waals surface area contributed by atoms with Gasteiger partial charge in [0, 0.05) is 54.1 Å². The number of carbonyl (C=O) groups excluding carboxylic acids is 9. The molecule has 0 unspecified atom stereocenters. The van der Waals surface area contributed by atoms with E-state index in [4.69, 9.17) is 22.7 Å². The minimum absolute atomic E-state index is 0.0106. The molecule has 23 heteroatoms. The molecular formula is C52H56FN9O13. The van der Waals surface area contributed by atoms with Crippen LogP contribution in [0.4, 0.5) is 4.39 Å². The Balaban J connectivity index is 0.889. The van der Waals surface area contributed by atoms with Gasteiger partial charge in [0.15, 0.2) is 5.60 Å². The number of nitrogens with one attached hydrogen (secondary N) is 6. The maximum Gasteiger partial charge on any atom is 0.343 e. The first-order valence-corrected chi connectivity index (χ1v) is 24.0. The van der Waals surface area contributed by atoms with E-state index in [1.807, 2.05) is 0 Å². The lowest BCUT2D eigenvalue weighted by Gasteiger charge is -2.31. The quantitative estimate of drug-likeness (QED) is 0.0212. The number of imide groups is 1. The molecule has 3 atom stereocenters. The molecule has 22 nitrogen and oxygen atoms in total. The van der Waals surface area contributed by atoms with Gasteiger partial charge in [0.05, 0.1) is 62.9 Å². The average Bonchev–Trinajstić information content (AvgIpc) is 2.28. The highest BCUT2D eigenvalue weighted by atomic mass is 19.1. The molecule has 0 fully saturated rings. The van der Waals surface area contributed by atoms with Crippen LogP contribution < -0.4 is 37.5 Å². The van der Waals surface area contributed by atoms with Crippen LogP contribution in [0.3, 0.4) is 0 Å². The lowest BCUT2D eigenvalue weighted by Crippen LogP contribution is -2.52. The van der Waals surface area contributed by atoms with Crippen molar-refractivity contribution < 1.29 is 70.3 Å². The van der Waals surface area contributed by atoms with Gasteiger partial charge in [0.1, 0.15) is 31.7 Å².